The van der Waals surface area contributed by atoms with Crippen molar-refractivity contribution in [2.45, 2.75) is 4.21 Å². The largest absolute Gasteiger partial charge is 0.506 e. The molecule has 0 amide bonds. The number of carboxylic acids is 1. The fourth-order valence-corrected chi connectivity index (χ4v) is 3.64. The molecule has 0 unspecified atom stereocenters. The van der Waals surface area contributed by atoms with Gasteiger partial charge in [-0.3, -0.25) is 4.72 Å². The number of nitrogens with zero attached hydrogens (tertiary/aromatic N) is 1. The van der Waals surface area contributed by atoms with E-state index in [9.17, 15) is 18.3 Å². The van der Waals surface area contributed by atoms with Gasteiger partial charge in [0.25, 0.3) is 10.0 Å². The van der Waals surface area contributed by atoms with Crippen molar-refractivity contribution in [3.8, 4) is 11.8 Å². The number of hydrogen-bond donors (Lipinski definition) is 3. The maximum absolute atomic E-state index is 12.1. The van der Waals surface area contributed by atoms with Crippen LogP contribution in [-0.2, 0) is 10.0 Å². The Morgan fingerprint density at radius 3 is 2.57 bits per heavy atom. The summed E-state index contributed by atoms with van der Waals surface area (Å²) in [7, 11) is -4.00. The average Bonchev–Trinajstić information content (AvgIpc) is 2.90. The first kappa shape index (κ1) is 14.8. The van der Waals surface area contributed by atoms with Crippen LogP contribution in [0.2, 0.25) is 0 Å². The molecule has 108 valence electrons. The van der Waals surface area contributed by atoms with Crippen LogP contribution in [0.3, 0.4) is 0 Å². The molecule has 0 spiro atoms. The van der Waals surface area contributed by atoms with Crippen molar-refractivity contribution in [1.82, 2.24) is 0 Å². The van der Waals surface area contributed by atoms with Gasteiger partial charge in [-0.05, 0) is 30.3 Å². The van der Waals surface area contributed by atoms with Crippen LogP contribution >= 0.6 is 11.3 Å². The molecule has 2 aromatic rings. The van der Waals surface area contributed by atoms with E-state index in [0.29, 0.717) is 0 Å². The molecule has 0 bridgehead atoms. The summed E-state index contributed by atoms with van der Waals surface area (Å²) in [5.41, 5.74) is -0.420. The zero-order valence-corrected chi connectivity index (χ0v) is 11.9. The Morgan fingerprint density at radius 2 is 2.00 bits per heavy atom. The fourth-order valence-electron chi connectivity index (χ4n) is 1.47. The zero-order chi connectivity index (χ0) is 15.6. The van der Waals surface area contributed by atoms with Gasteiger partial charge in [-0.2, -0.15) is 5.26 Å². The SMILES string of the molecule is N#Cc1ccc(S(=O)(=O)Nc2cc(C(=O)O)ccc2O)s1. The monoisotopic (exact) mass is 324 g/mol. The van der Waals surface area contributed by atoms with Crippen molar-refractivity contribution < 1.29 is 23.4 Å². The lowest BCUT2D eigenvalue weighted by atomic mass is 10.2. The molecule has 0 aliphatic carbocycles. The Morgan fingerprint density at radius 1 is 1.29 bits per heavy atom. The molecule has 0 radical (unpaired) electrons. The third-order valence-electron chi connectivity index (χ3n) is 2.44. The molecule has 1 aromatic carbocycles. The van der Waals surface area contributed by atoms with Crippen molar-refractivity contribution in [3.05, 3.63) is 40.8 Å². The quantitative estimate of drug-likeness (QED) is 0.736. The van der Waals surface area contributed by atoms with Crippen molar-refractivity contribution in [3.63, 3.8) is 0 Å². The molecule has 21 heavy (non-hydrogen) atoms. The fraction of sp³-hybridized carbons (Fsp3) is 0. The van der Waals surface area contributed by atoms with E-state index in [4.69, 9.17) is 10.4 Å². The van der Waals surface area contributed by atoms with Crippen molar-refractivity contribution in [2.24, 2.45) is 0 Å². The van der Waals surface area contributed by atoms with Crippen molar-refractivity contribution >= 4 is 33.0 Å². The molecule has 3 N–H and O–H groups in total. The number of carboxylic acid groups (broad SMARTS) is 1. The molecule has 0 saturated heterocycles. The Kier molecular flexibility index (Phi) is 3.84. The van der Waals surface area contributed by atoms with E-state index in [0.717, 1.165) is 29.5 Å². The molecule has 2 rings (SSSR count). The van der Waals surface area contributed by atoms with Gasteiger partial charge < -0.3 is 10.2 Å². The number of rotatable bonds is 4. The highest BCUT2D eigenvalue weighted by atomic mass is 32.2. The number of carbonyl (C=O) groups is 1. The molecule has 0 aliphatic rings. The smallest absolute Gasteiger partial charge is 0.335 e. The number of sulfonamides is 1. The Balaban J connectivity index is 2.39. The van der Waals surface area contributed by atoms with Gasteiger partial charge in [0.2, 0.25) is 0 Å². The maximum atomic E-state index is 12.1. The molecule has 7 nitrogen and oxygen atoms in total. The van der Waals surface area contributed by atoms with Crippen LogP contribution < -0.4 is 4.72 Å². The van der Waals surface area contributed by atoms with Crippen molar-refractivity contribution in [2.75, 3.05) is 4.72 Å². The van der Waals surface area contributed by atoms with E-state index in [-0.39, 0.29) is 20.3 Å². The van der Waals surface area contributed by atoms with Gasteiger partial charge in [0.1, 0.15) is 20.9 Å². The number of anilines is 1. The molecule has 0 atom stereocenters. The second-order valence-electron chi connectivity index (χ2n) is 3.87. The molecule has 0 fully saturated rings. The molecule has 1 heterocycles. The van der Waals surface area contributed by atoms with E-state index in [1.54, 1.807) is 0 Å². The van der Waals surface area contributed by atoms with Gasteiger partial charge in [-0.15, -0.1) is 11.3 Å². The standard InChI is InChI=1S/C12H8N2O5S2/c13-6-8-2-4-11(20-8)21(18,19)14-9-5-7(12(16)17)1-3-10(9)15/h1-5,14-15H,(H,16,17). The lowest BCUT2D eigenvalue weighted by Gasteiger charge is -2.08. The minimum atomic E-state index is -4.00. The zero-order valence-electron chi connectivity index (χ0n) is 10.3. The summed E-state index contributed by atoms with van der Waals surface area (Å²) in [6.45, 7) is 0. The number of hydrogen-bond acceptors (Lipinski definition) is 6. The summed E-state index contributed by atoms with van der Waals surface area (Å²) in [6, 6.07) is 7.66. The molecular formula is C12H8N2O5S2. The maximum Gasteiger partial charge on any atom is 0.335 e. The highest BCUT2D eigenvalue weighted by Gasteiger charge is 2.19. The first-order chi connectivity index (χ1) is 9.83. The van der Waals surface area contributed by atoms with E-state index in [1.807, 2.05) is 6.07 Å². The van der Waals surface area contributed by atoms with E-state index < -0.39 is 21.7 Å². The second-order valence-corrected chi connectivity index (χ2v) is 6.87. The van der Waals surface area contributed by atoms with Crippen molar-refractivity contribution in [1.29, 1.82) is 5.26 Å². The highest BCUT2D eigenvalue weighted by Crippen LogP contribution is 2.29. The van der Waals surface area contributed by atoms with Crippen LogP contribution in [0, 0.1) is 11.3 Å². The van der Waals surface area contributed by atoms with E-state index >= 15 is 0 Å². The minimum Gasteiger partial charge on any atom is -0.506 e. The molecule has 1 aromatic heterocycles. The first-order valence-corrected chi connectivity index (χ1v) is 7.72. The van der Waals surface area contributed by atoms with Crippen LogP contribution in [0.15, 0.2) is 34.5 Å². The number of phenols is 1. The third kappa shape index (κ3) is 3.13. The Bertz CT molecular complexity index is 849. The highest BCUT2D eigenvalue weighted by molar-refractivity contribution is 7.94. The number of benzene rings is 1. The first-order valence-electron chi connectivity index (χ1n) is 5.42. The summed E-state index contributed by atoms with van der Waals surface area (Å²) in [5.74, 6) is -1.65. The van der Waals surface area contributed by atoms with Crippen LogP contribution in [0.4, 0.5) is 5.69 Å². The predicted molar refractivity (Wildman–Crippen MR) is 74.9 cm³/mol. The lowest BCUT2D eigenvalue weighted by Crippen LogP contribution is -2.12. The molecular weight excluding hydrogens is 316 g/mol. The molecule has 0 aliphatic heterocycles. The van der Waals surface area contributed by atoms with Gasteiger partial charge in [-0.1, -0.05) is 0 Å². The summed E-state index contributed by atoms with van der Waals surface area (Å²) < 4.78 is 26.2. The number of phenolic OH excluding ortho intramolecular Hbond substituents is 1. The number of nitriles is 1. The topological polar surface area (TPSA) is 127 Å². The number of aromatic hydroxyl groups is 1. The van der Waals surface area contributed by atoms with Gasteiger partial charge in [0.15, 0.2) is 0 Å². The summed E-state index contributed by atoms with van der Waals surface area (Å²) in [4.78, 5) is 11.1. The van der Waals surface area contributed by atoms with Gasteiger partial charge in [-0.25, -0.2) is 13.2 Å². The van der Waals surface area contributed by atoms with Crippen LogP contribution in [-0.4, -0.2) is 24.6 Å². The minimum absolute atomic E-state index is 0.112. The predicted octanol–water partition coefficient (Wildman–Crippen LogP) is 1.82. The van der Waals surface area contributed by atoms with Gasteiger partial charge in [0.05, 0.1) is 11.3 Å². The average molecular weight is 324 g/mol. The Labute approximate surface area is 123 Å². The number of thiophene rings is 1. The second kappa shape index (κ2) is 5.43. The van der Waals surface area contributed by atoms with E-state index in [2.05, 4.69) is 4.72 Å². The van der Waals surface area contributed by atoms with Crippen LogP contribution in [0.5, 0.6) is 5.75 Å². The number of nitrogens with one attached hydrogen (secondary N) is 1. The normalized spacial score (nSPS) is 10.8. The summed E-state index contributed by atoms with van der Waals surface area (Å²) in [5, 5.41) is 27.2. The van der Waals surface area contributed by atoms with Crippen LogP contribution in [0.1, 0.15) is 15.2 Å². The van der Waals surface area contributed by atoms with Gasteiger partial charge in [0, 0.05) is 0 Å². The van der Waals surface area contributed by atoms with Gasteiger partial charge >= 0.3 is 5.97 Å². The third-order valence-corrected chi connectivity index (χ3v) is 5.29. The summed E-state index contributed by atoms with van der Waals surface area (Å²) >= 11 is 0.766. The molecule has 0 saturated carbocycles. The molecule has 9 heteroatoms. The summed E-state index contributed by atoms with van der Waals surface area (Å²) in [6.07, 6.45) is 0. The van der Waals surface area contributed by atoms with Crippen LogP contribution in [0.25, 0.3) is 0 Å². The number of aromatic carboxylic acids is 1. The Hall–Kier alpha value is -2.57. The van der Waals surface area contributed by atoms with E-state index in [1.165, 1.54) is 12.1 Å². The lowest BCUT2D eigenvalue weighted by molar-refractivity contribution is 0.0697.